The second-order valence-corrected chi connectivity index (χ2v) is 5.46. The summed E-state index contributed by atoms with van der Waals surface area (Å²) in [5, 5.41) is 0. The lowest BCUT2D eigenvalue weighted by atomic mass is 10.0. The van der Waals surface area contributed by atoms with E-state index in [0.717, 1.165) is 32.5 Å². The quantitative estimate of drug-likeness (QED) is 0.891. The second kappa shape index (κ2) is 6.90. The molecule has 0 radical (unpaired) electrons. The molecule has 1 fully saturated rings. The fourth-order valence-corrected chi connectivity index (χ4v) is 2.79. The lowest BCUT2D eigenvalue weighted by Gasteiger charge is -2.36. The molecule has 1 saturated heterocycles. The van der Waals surface area contributed by atoms with Crippen LogP contribution >= 0.6 is 0 Å². The van der Waals surface area contributed by atoms with Crippen LogP contribution in [0, 0.1) is 0 Å². The highest BCUT2D eigenvalue weighted by molar-refractivity contribution is 5.91. The van der Waals surface area contributed by atoms with Crippen LogP contribution < -0.4 is 5.73 Å². The highest BCUT2D eigenvalue weighted by atomic mass is 16.4. The molecule has 20 heavy (non-hydrogen) atoms. The molecule has 0 aromatic carbocycles. The molecule has 2 N–H and O–H groups in total. The van der Waals surface area contributed by atoms with Gasteiger partial charge in [0.25, 0.3) is 5.91 Å². The van der Waals surface area contributed by atoms with Gasteiger partial charge in [0.05, 0.1) is 6.54 Å². The lowest BCUT2D eigenvalue weighted by Crippen LogP contribution is -2.45. The molecule has 112 valence electrons. The number of nitrogens with zero attached hydrogens (tertiary/aromatic N) is 2. The Morgan fingerprint density at radius 3 is 2.70 bits per heavy atom. The molecule has 1 aromatic heterocycles. The highest BCUT2D eigenvalue weighted by Crippen LogP contribution is 2.18. The molecule has 0 aliphatic carbocycles. The van der Waals surface area contributed by atoms with Crippen LogP contribution in [0.15, 0.2) is 16.5 Å². The van der Waals surface area contributed by atoms with Gasteiger partial charge >= 0.3 is 0 Å². The summed E-state index contributed by atoms with van der Waals surface area (Å²) in [5.74, 6) is 1.00. The Bertz CT molecular complexity index is 436. The molecule has 5 heteroatoms. The fourth-order valence-electron chi connectivity index (χ4n) is 2.79. The van der Waals surface area contributed by atoms with Crippen LogP contribution in [0.1, 0.15) is 42.5 Å². The molecule has 1 amide bonds. The van der Waals surface area contributed by atoms with E-state index in [1.165, 1.54) is 6.42 Å². The summed E-state index contributed by atoms with van der Waals surface area (Å²) in [6, 6.07) is 3.79. The van der Waals surface area contributed by atoms with Gasteiger partial charge < -0.3 is 20.0 Å². The van der Waals surface area contributed by atoms with Crippen molar-refractivity contribution in [2.75, 3.05) is 26.7 Å². The van der Waals surface area contributed by atoms with Gasteiger partial charge in [-0.1, -0.05) is 6.92 Å². The molecule has 2 rings (SSSR count). The minimum Gasteiger partial charge on any atom is -0.455 e. The maximum absolute atomic E-state index is 12.4. The van der Waals surface area contributed by atoms with Crippen molar-refractivity contribution in [1.82, 2.24) is 9.80 Å². The van der Waals surface area contributed by atoms with Crippen molar-refractivity contribution in [1.29, 1.82) is 0 Å². The lowest BCUT2D eigenvalue weighted by molar-refractivity contribution is 0.0610. The molecular formula is C15H25N3O2. The van der Waals surface area contributed by atoms with Gasteiger partial charge in [-0.15, -0.1) is 0 Å². The van der Waals surface area contributed by atoms with Crippen LogP contribution in [0.25, 0.3) is 0 Å². The SMILES string of the molecule is CCCN1CCC(N(C)C(=O)c2ccc(CN)o2)CC1. The Morgan fingerprint density at radius 1 is 1.45 bits per heavy atom. The van der Waals surface area contributed by atoms with Crippen LogP contribution in [-0.2, 0) is 6.54 Å². The predicted octanol–water partition coefficient (Wildman–Crippen LogP) is 1.68. The minimum atomic E-state index is -0.0429. The zero-order valence-electron chi connectivity index (χ0n) is 12.5. The van der Waals surface area contributed by atoms with Gasteiger partial charge in [0.1, 0.15) is 5.76 Å². The number of nitrogens with two attached hydrogens (primary N) is 1. The predicted molar refractivity (Wildman–Crippen MR) is 78.4 cm³/mol. The van der Waals surface area contributed by atoms with Gasteiger partial charge in [-0.05, 0) is 37.9 Å². The number of rotatable bonds is 5. The second-order valence-electron chi connectivity index (χ2n) is 5.46. The molecule has 0 saturated carbocycles. The molecule has 0 unspecified atom stereocenters. The molecule has 0 bridgehead atoms. The molecular weight excluding hydrogens is 254 g/mol. The largest absolute Gasteiger partial charge is 0.455 e. The van der Waals surface area contributed by atoms with Gasteiger partial charge in [-0.3, -0.25) is 4.79 Å². The molecule has 1 aliphatic rings. The fraction of sp³-hybridized carbons (Fsp3) is 0.667. The van der Waals surface area contributed by atoms with Crippen molar-refractivity contribution >= 4 is 5.91 Å². The number of carbonyl (C=O) groups excluding carboxylic acids is 1. The Balaban J connectivity index is 1.91. The third-order valence-corrected chi connectivity index (χ3v) is 4.04. The van der Waals surface area contributed by atoms with E-state index in [0.29, 0.717) is 24.1 Å². The summed E-state index contributed by atoms with van der Waals surface area (Å²) in [5.41, 5.74) is 5.50. The zero-order chi connectivity index (χ0) is 14.5. The smallest absolute Gasteiger partial charge is 0.289 e. The first-order valence-electron chi connectivity index (χ1n) is 7.44. The molecule has 5 nitrogen and oxygen atoms in total. The van der Waals surface area contributed by atoms with Gasteiger partial charge in [0.2, 0.25) is 0 Å². The maximum Gasteiger partial charge on any atom is 0.289 e. The first-order valence-corrected chi connectivity index (χ1v) is 7.44. The van der Waals surface area contributed by atoms with E-state index >= 15 is 0 Å². The maximum atomic E-state index is 12.4. The number of hydrogen-bond acceptors (Lipinski definition) is 4. The number of amides is 1. The van der Waals surface area contributed by atoms with Crippen LogP contribution in [0.2, 0.25) is 0 Å². The first kappa shape index (κ1) is 15.1. The van der Waals surface area contributed by atoms with E-state index in [-0.39, 0.29) is 5.91 Å². The summed E-state index contributed by atoms with van der Waals surface area (Å²) >= 11 is 0. The van der Waals surface area contributed by atoms with Gasteiger partial charge in [-0.25, -0.2) is 0 Å². The van der Waals surface area contributed by atoms with Crippen LogP contribution in [-0.4, -0.2) is 48.4 Å². The number of furan rings is 1. The molecule has 0 atom stereocenters. The van der Waals surface area contributed by atoms with Crippen LogP contribution in [0.4, 0.5) is 0 Å². The van der Waals surface area contributed by atoms with Gasteiger partial charge in [0, 0.05) is 26.2 Å². The normalized spacial score (nSPS) is 17.4. The number of carbonyl (C=O) groups is 1. The van der Waals surface area contributed by atoms with E-state index in [4.69, 9.17) is 10.2 Å². The van der Waals surface area contributed by atoms with Crippen LogP contribution in [0.3, 0.4) is 0 Å². The summed E-state index contributed by atoms with van der Waals surface area (Å²) in [7, 11) is 1.87. The van der Waals surface area contributed by atoms with Crippen molar-refractivity contribution in [2.45, 2.75) is 38.8 Å². The van der Waals surface area contributed by atoms with E-state index in [2.05, 4.69) is 11.8 Å². The van der Waals surface area contributed by atoms with Crippen molar-refractivity contribution in [3.8, 4) is 0 Å². The van der Waals surface area contributed by atoms with E-state index < -0.39 is 0 Å². The number of hydrogen-bond donors (Lipinski definition) is 1. The topological polar surface area (TPSA) is 62.7 Å². The average molecular weight is 279 g/mol. The van der Waals surface area contributed by atoms with Crippen molar-refractivity contribution in [3.63, 3.8) is 0 Å². The molecule has 0 spiro atoms. The molecule has 2 heterocycles. The van der Waals surface area contributed by atoms with E-state index in [1.54, 1.807) is 12.1 Å². The minimum absolute atomic E-state index is 0.0429. The Hall–Kier alpha value is -1.33. The van der Waals surface area contributed by atoms with Gasteiger partial charge in [0.15, 0.2) is 5.76 Å². The van der Waals surface area contributed by atoms with E-state index in [1.807, 2.05) is 11.9 Å². The van der Waals surface area contributed by atoms with Gasteiger partial charge in [-0.2, -0.15) is 0 Å². The highest BCUT2D eigenvalue weighted by Gasteiger charge is 2.27. The molecule has 1 aromatic rings. The first-order chi connectivity index (χ1) is 9.65. The Labute approximate surface area is 120 Å². The standard InChI is InChI=1S/C15H25N3O2/c1-3-8-18-9-6-12(7-10-18)17(2)15(19)14-5-4-13(11-16)20-14/h4-5,12H,3,6-11,16H2,1-2H3. The summed E-state index contributed by atoms with van der Waals surface area (Å²) in [6.07, 6.45) is 3.26. The third-order valence-electron chi connectivity index (χ3n) is 4.04. The average Bonchev–Trinajstić information content (AvgIpc) is 2.96. The van der Waals surface area contributed by atoms with E-state index in [9.17, 15) is 4.79 Å². The monoisotopic (exact) mass is 279 g/mol. The number of likely N-dealkylation sites (tertiary alicyclic amines) is 1. The summed E-state index contributed by atoms with van der Waals surface area (Å²) < 4.78 is 5.44. The van der Waals surface area contributed by atoms with Crippen molar-refractivity contribution in [2.24, 2.45) is 5.73 Å². The van der Waals surface area contributed by atoms with Crippen LogP contribution in [0.5, 0.6) is 0 Å². The Kier molecular flexibility index (Phi) is 5.20. The van der Waals surface area contributed by atoms with Crippen molar-refractivity contribution in [3.05, 3.63) is 23.7 Å². The summed E-state index contributed by atoms with van der Waals surface area (Å²) in [6.45, 7) is 5.83. The molecule has 1 aliphatic heterocycles. The van der Waals surface area contributed by atoms with Crippen molar-refractivity contribution < 1.29 is 9.21 Å². The summed E-state index contributed by atoms with van der Waals surface area (Å²) in [4.78, 5) is 16.6. The zero-order valence-corrected chi connectivity index (χ0v) is 12.5. The third kappa shape index (κ3) is 3.41. The Morgan fingerprint density at radius 2 is 2.15 bits per heavy atom. The number of piperidine rings is 1.